The van der Waals surface area contributed by atoms with E-state index in [1.54, 1.807) is 0 Å². The second kappa shape index (κ2) is 5.20. The van der Waals surface area contributed by atoms with Crippen LogP contribution < -0.4 is 0 Å². The van der Waals surface area contributed by atoms with Gasteiger partial charge in [-0.1, -0.05) is 0 Å². The van der Waals surface area contributed by atoms with E-state index in [-0.39, 0.29) is 11.4 Å². The number of carboxylic acids is 1. The lowest BCUT2D eigenvalue weighted by Crippen LogP contribution is -2.32. The molecule has 0 aromatic carbocycles. The molecule has 0 aliphatic rings. The van der Waals surface area contributed by atoms with Crippen molar-refractivity contribution >= 4 is 11.9 Å². The molecule has 6 heteroatoms. The standard InChI is InChI=1S/C10H13N3O3/c1-3-13(4-2)9(14)7-8(10(15)16)12-6-5-11-7/h5-6H,3-4H2,1-2H3,(H,15,16). The molecule has 0 saturated carbocycles. The highest BCUT2D eigenvalue weighted by atomic mass is 16.4. The van der Waals surface area contributed by atoms with Gasteiger partial charge in [-0.2, -0.15) is 0 Å². The van der Waals surface area contributed by atoms with E-state index in [1.165, 1.54) is 17.3 Å². The summed E-state index contributed by atoms with van der Waals surface area (Å²) in [7, 11) is 0. The molecule has 0 aliphatic carbocycles. The molecule has 86 valence electrons. The maximum Gasteiger partial charge on any atom is 0.356 e. The van der Waals surface area contributed by atoms with E-state index in [2.05, 4.69) is 9.97 Å². The Morgan fingerprint density at radius 2 is 1.69 bits per heavy atom. The fraction of sp³-hybridized carbons (Fsp3) is 0.400. The van der Waals surface area contributed by atoms with Crippen LogP contribution in [0.25, 0.3) is 0 Å². The van der Waals surface area contributed by atoms with Crippen LogP contribution in [0.15, 0.2) is 12.4 Å². The van der Waals surface area contributed by atoms with Gasteiger partial charge >= 0.3 is 5.97 Å². The Bertz CT molecular complexity index is 402. The van der Waals surface area contributed by atoms with E-state index in [0.29, 0.717) is 13.1 Å². The maximum absolute atomic E-state index is 11.9. The van der Waals surface area contributed by atoms with Crippen molar-refractivity contribution in [2.24, 2.45) is 0 Å². The summed E-state index contributed by atoms with van der Waals surface area (Å²) >= 11 is 0. The Balaban J connectivity index is 3.12. The topological polar surface area (TPSA) is 83.4 Å². The van der Waals surface area contributed by atoms with Crippen molar-refractivity contribution in [2.75, 3.05) is 13.1 Å². The number of carboxylic acid groups (broad SMARTS) is 1. The van der Waals surface area contributed by atoms with Gasteiger partial charge in [0.1, 0.15) is 0 Å². The first-order valence-electron chi connectivity index (χ1n) is 4.95. The predicted octanol–water partition coefficient (Wildman–Crippen LogP) is 0.657. The summed E-state index contributed by atoms with van der Waals surface area (Å²) in [5, 5.41) is 8.87. The van der Waals surface area contributed by atoms with E-state index in [9.17, 15) is 9.59 Å². The Labute approximate surface area is 92.9 Å². The molecule has 0 radical (unpaired) electrons. The first-order chi connectivity index (χ1) is 7.61. The quantitative estimate of drug-likeness (QED) is 0.810. The molecule has 0 bridgehead atoms. The third kappa shape index (κ3) is 2.33. The number of nitrogens with zero attached hydrogens (tertiary/aromatic N) is 3. The molecule has 0 unspecified atom stereocenters. The zero-order valence-electron chi connectivity index (χ0n) is 9.17. The maximum atomic E-state index is 11.9. The van der Waals surface area contributed by atoms with Crippen LogP contribution in [-0.4, -0.2) is 44.9 Å². The molecular weight excluding hydrogens is 210 g/mol. The third-order valence-corrected chi connectivity index (χ3v) is 2.15. The fourth-order valence-corrected chi connectivity index (χ4v) is 1.31. The summed E-state index contributed by atoms with van der Waals surface area (Å²) < 4.78 is 0. The molecule has 0 aliphatic heterocycles. The molecule has 0 atom stereocenters. The molecule has 1 N–H and O–H groups in total. The summed E-state index contributed by atoms with van der Waals surface area (Å²) in [5.41, 5.74) is -0.418. The Kier molecular flexibility index (Phi) is 3.93. The number of amides is 1. The van der Waals surface area contributed by atoms with Crippen LogP contribution in [0.3, 0.4) is 0 Å². The summed E-state index contributed by atoms with van der Waals surface area (Å²) in [6, 6.07) is 0. The SMILES string of the molecule is CCN(CC)C(=O)c1nccnc1C(=O)O. The van der Waals surface area contributed by atoms with Gasteiger partial charge in [-0.15, -0.1) is 0 Å². The second-order valence-corrected chi connectivity index (χ2v) is 3.04. The number of carbonyl (C=O) groups excluding carboxylic acids is 1. The highest BCUT2D eigenvalue weighted by Gasteiger charge is 2.22. The van der Waals surface area contributed by atoms with E-state index < -0.39 is 11.9 Å². The molecule has 16 heavy (non-hydrogen) atoms. The predicted molar refractivity (Wildman–Crippen MR) is 56.2 cm³/mol. The van der Waals surface area contributed by atoms with Crippen LogP contribution in [0.4, 0.5) is 0 Å². The summed E-state index contributed by atoms with van der Waals surface area (Å²) in [5.74, 6) is -1.65. The van der Waals surface area contributed by atoms with E-state index in [4.69, 9.17) is 5.11 Å². The molecule has 6 nitrogen and oxygen atoms in total. The Morgan fingerprint density at radius 1 is 1.19 bits per heavy atom. The number of hydrogen-bond acceptors (Lipinski definition) is 4. The first kappa shape index (κ1) is 12.1. The third-order valence-electron chi connectivity index (χ3n) is 2.15. The van der Waals surface area contributed by atoms with Gasteiger partial charge < -0.3 is 10.0 Å². The molecular formula is C10H13N3O3. The Morgan fingerprint density at radius 3 is 2.12 bits per heavy atom. The summed E-state index contributed by atoms with van der Waals surface area (Å²) in [6.07, 6.45) is 2.56. The van der Waals surface area contributed by atoms with Crippen molar-refractivity contribution in [3.8, 4) is 0 Å². The van der Waals surface area contributed by atoms with Gasteiger partial charge in [0.05, 0.1) is 0 Å². The van der Waals surface area contributed by atoms with Crippen LogP contribution in [0.5, 0.6) is 0 Å². The highest BCUT2D eigenvalue weighted by Crippen LogP contribution is 2.06. The zero-order chi connectivity index (χ0) is 12.1. The molecule has 1 heterocycles. The normalized spacial score (nSPS) is 9.88. The van der Waals surface area contributed by atoms with Crippen LogP contribution in [0.2, 0.25) is 0 Å². The van der Waals surface area contributed by atoms with Crippen molar-refractivity contribution in [3.05, 3.63) is 23.8 Å². The number of carbonyl (C=O) groups is 2. The van der Waals surface area contributed by atoms with Crippen molar-refractivity contribution in [1.82, 2.24) is 14.9 Å². The average molecular weight is 223 g/mol. The van der Waals surface area contributed by atoms with E-state index >= 15 is 0 Å². The fourth-order valence-electron chi connectivity index (χ4n) is 1.31. The van der Waals surface area contributed by atoms with E-state index in [1.807, 2.05) is 13.8 Å². The van der Waals surface area contributed by atoms with Crippen molar-refractivity contribution in [2.45, 2.75) is 13.8 Å². The largest absolute Gasteiger partial charge is 0.476 e. The van der Waals surface area contributed by atoms with Gasteiger partial charge in [-0.25, -0.2) is 14.8 Å². The van der Waals surface area contributed by atoms with Gasteiger partial charge in [-0.3, -0.25) is 4.79 Å². The van der Waals surface area contributed by atoms with Gasteiger partial charge in [0.15, 0.2) is 11.4 Å². The summed E-state index contributed by atoms with van der Waals surface area (Å²) in [6.45, 7) is 4.65. The van der Waals surface area contributed by atoms with Gasteiger partial charge in [0.2, 0.25) is 0 Å². The van der Waals surface area contributed by atoms with Crippen LogP contribution in [0, 0.1) is 0 Å². The minimum atomic E-state index is -1.25. The molecule has 0 fully saturated rings. The number of hydrogen-bond donors (Lipinski definition) is 1. The van der Waals surface area contributed by atoms with Crippen molar-refractivity contribution in [3.63, 3.8) is 0 Å². The second-order valence-electron chi connectivity index (χ2n) is 3.04. The highest BCUT2D eigenvalue weighted by molar-refractivity contribution is 6.01. The van der Waals surface area contributed by atoms with Crippen LogP contribution in [0.1, 0.15) is 34.8 Å². The first-order valence-corrected chi connectivity index (χ1v) is 4.95. The van der Waals surface area contributed by atoms with E-state index in [0.717, 1.165) is 0 Å². The van der Waals surface area contributed by atoms with Gasteiger partial charge in [-0.05, 0) is 13.8 Å². The Hall–Kier alpha value is -1.98. The molecule has 1 amide bonds. The smallest absolute Gasteiger partial charge is 0.356 e. The van der Waals surface area contributed by atoms with Crippen molar-refractivity contribution in [1.29, 1.82) is 0 Å². The van der Waals surface area contributed by atoms with Gasteiger partial charge in [0.25, 0.3) is 5.91 Å². The number of rotatable bonds is 4. The molecule has 0 spiro atoms. The van der Waals surface area contributed by atoms with Gasteiger partial charge in [0, 0.05) is 25.5 Å². The average Bonchev–Trinajstić information content (AvgIpc) is 2.30. The minimum absolute atomic E-state index is 0.112. The molecule has 1 aromatic rings. The minimum Gasteiger partial charge on any atom is -0.476 e. The molecule has 0 saturated heterocycles. The van der Waals surface area contributed by atoms with Crippen molar-refractivity contribution < 1.29 is 14.7 Å². The lowest BCUT2D eigenvalue weighted by atomic mass is 10.2. The van der Waals surface area contributed by atoms with Crippen LogP contribution in [-0.2, 0) is 0 Å². The van der Waals surface area contributed by atoms with Crippen LogP contribution >= 0.6 is 0 Å². The number of aromatic carboxylic acids is 1. The summed E-state index contributed by atoms with van der Waals surface area (Å²) in [4.78, 5) is 31.7. The lowest BCUT2D eigenvalue weighted by molar-refractivity contribution is 0.0668. The lowest BCUT2D eigenvalue weighted by Gasteiger charge is -2.18. The molecule has 1 aromatic heterocycles. The zero-order valence-corrected chi connectivity index (χ0v) is 9.17. The number of aromatic nitrogens is 2. The monoisotopic (exact) mass is 223 g/mol. The molecule has 1 rings (SSSR count).